The Balaban J connectivity index is 1.36. The summed E-state index contributed by atoms with van der Waals surface area (Å²) >= 11 is 0. The van der Waals surface area contributed by atoms with Gasteiger partial charge >= 0.3 is 0 Å². The van der Waals surface area contributed by atoms with Crippen LogP contribution in [-0.4, -0.2) is 50.1 Å². The quantitative estimate of drug-likeness (QED) is 0.782. The molecular weight excluding hydrogens is 368 g/mol. The van der Waals surface area contributed by atoms with Gasteiger partial charge < -0.3 is 19.3 Å². The lowest BCUT2D eigenvalue weighted by Crippen LogP contribution is -2.41. The molecule has 29 heavy (non-hydrogen) atoms. The van der Waals surface area contributed by atoms with E-state index in [1.165, 1.54) is 11.1 Å². The van der Waals surface area contributed by atoms with E-state index in [-0.39, 0.29) is 30.3 Å². The van der Waals surface area contributed by atoms with Crippen molar-refractivity contribution in [1.82, 2.24) is 4.90 Å². The second kappa shape index (κ2) is 8.25. The van der Waals surface area contributed by atoms with Crippen LogP contribution < -0.4 is 9.64 Å². The predicted octanol–water partition coefficient (Wildman–Crippen LogP) is 2.65. The Labute approximate surface area is 171 Å². The summed E-state index contributed by atoms with van der Waals surface area (Å²) in [4.78, 5) is 28.9. The highest BCUT2D eigenvalue weighted by molar-refractivity contribution is 6.00. The molecule has 0 aliphatic carbocycles. The largest absolute Gasteiger partial charge is 0.497 e. The van der Waals surface area contributed by atoms with Crippen molar-refractivity contribution < 1.29 is 19.1 Å². The lowest BCUT2D eigenvalue weighted by molar-refractivity contribution is -0.136. The molecule has 2 unspecified atom stereocenters. The Hall–Kier alpha value is -2.86. The normalized spacial score (nSPS) is 21.0. The standard InChI is InChI=1S/C23H26N2O4/c1-24(14-21-11-16-5-3-4-6-17(16)15-29-21)23(27)18-12-22(26)25(13-18)19-7-9-20(28-2)10-8-19/h3-10,18,21H,11-15H2,1-2H3. The minimum atomic E-state index is -0.328. The average Bonchev–Trinajstić information content (AvgIpc) is 3.14. The molecule has 0 radical (unpaired) electrons. The van der Waals surface area contributed by atoms with E-state index >= 15 is 0 Å². The molecule has 6 nitrogen and oxygen atoms in total. The number of ether oxygens (including phenoxy) is 2. The van der Waals surface area contributed by atoms with Gasteiger partial charge in [0, 0.05) is 38.7 Å². The summed E-state index contributed by atoms with van der Waals surface area (Å²) in [5.74, 6) is 0.383. The number of amides is 2. The number of carbonyl (C=O) groups is 2. The van der Waals surface area contributed by atoms with Crippen LogP contribution in [-0.2, 0) is 27.4 Å². The molecule has 2 aliphatic heterocycles. The van der Waals surface area contributed by atoms with E-state index in [0.29, 0.717) is 19.7 Å². The first-order chi connectivity index (χ1) is 14.0. The minimum Gasteiger partial charge on any atom is -0.497 e. The van der Waals surface area contributed by atoms with Crippen LogP contribution in [0.5, 0.6) is 5.75 Å². The maximum atomic E-state index is 13.0. The van der Waals surface area contributed by atoms with Crippen LogP contribution in [0.25, 0.3) is 0 Å². The predicted molar refractivity (Wildman–Crippen MR) is 110 cm³/mol. The molecule has 2 aliphatic rings. The van der Waals surface area contributed by atoms with E-state index in [1.807, 2.05) is 36.4 Å². The highest BCUT2D eigenvalue weighted by Crippen LogP contribution is 2.28. The third-order valence-corrected chi connectivity index (χ3v) is 5.75. The Morgan fingerprint density at radius 1 is 1.14 bits per heavy atom. The van der Waals surface area contributed by atoms with Gasteiger partial charge in [-0.1, -0.05) is 24.3 Å². The molecule has 2 aromatic carbocycles. The molecule has 4 rings (SSSR count). The maximum Gasteiger partial charge on any atom is 0.227 e. The Morgan fingerprint density at radius 2 is 1.86 bits per heavy atom. The zero-order valence-corrected chi connectivity index (χ0v) is 16.8. The molecule has 2 amide bonds. The highest BCUT2D eigenvalue weighted by Gasteiger charge is 2.37. The number of fused-ring (bicyclic) bond motifs is 1. The SMILES string of the molecule is COc1ccc(N2CC(C(=O)N(C)CC3Cc4ccccc4CO3)CC2=O)cc1. The minimum absolute atomic E-state index is 0.00294. The molecule has 0 saturated carbocycles. The molecule has 2 atom stereocenters. The van der Waals surface area contributed by atoms with Crippen molar-refractivity contribution in [2.75, 3.05) is 32.1 Å². The van der Waals surface area contributed by atoms with Crippen LogP contribution in [0.15, 0.2) is 48.5 Å². The van der Waals surface area contributed by atoms with E-state index in [9.17, 15) is 9.59 Å². The van der Waals surface area contributed by atoms with Gasteiger partial charge in [0.15, 0.2) is 0 Å². The number of carbonyl (C=O) groups excluding carboxylic acids is 2. The molecule has 0 bridgehead atoms. The third-order valence-electron chi connectivity index (χ3n) is 5.75. The van der Waals surface area contributed by atoms with Gasteiger partial charge in [0.1, 0.15) is 5.75 Å². The van der Waals surface area contributed by atoms with Crippen molar-refractivity contribution in [3.63, 3.8) is 0 Å². The number of hydrogen-bond donors (Lipinski definition) is 0. The molecule has 1 fully saturated rings. The van der Waals surface area contributed by atoms with Gasteiger partial charge in [-0.15, -0.1) is 0 Å². The van der Waals surface area contributed by atoms with E-state index in [1.54, 1.807) is 24.0 Å². The number of benzene rings is 2. The number of rotatable bonds is 5. The zero-order valence-electron chi connectivity index (χ0n) is 16.8. The van der Waals surface area contributed by atoms with Crippen molar-refractivity contribution in [3.05, 3.63) is 59.7 Å². The Morgan fingerprint density at radius 3 is 2.59 bits per heavy atom. The van der Waals surface area contributed by atoms with Crippen LogP contribution in [0.3, 0.4) is 0 Å². The number of nitrogens with zero attached hydrogens (tertiary/aromatic N) is 2. The fraction of sp³-hybridized carbons (Fsp3) is 0.391. The van der Waals surface area contributed by atoms with Crippen LogP contribution >= 0.6 is 0 Å². The van der Waals surface area contributed by atoms with Crippen molar-refractivity contribution in [3.8, 4) is 5.75 Å². The van der Waals surface area contributed by atoms with Gasteiger partial charge in [0.25, 0.3) is 0 Å². The third kappa shape index (κ3) is 4.12. The summed E-state index contributed by atoms with van der Waals surface area (Å²) in [6.45, 7) is 1.51. The van der Waals surface area contributed by atoms with Crippen molar-refractivity contribution >= 4 is 17.5 Å². The Bertz CT molecular complexity index is 896. The second-order valence-electron chi connectivity index (χ2n) is 7.73. The van der Waals surface area contributed by atoms with Crippen LogP contribution in [0.1, 0.15) is 17.5 Å². The summed E-state index contributed by atoms with van der Waals surface area (Å²) in [5.41, 5.74) is 3.29. The van der Waals surface area contributed by atoms with Gasteiger partial charge in [-0.05, 0) is 35.4 Å². The number of likely N-dealkylation sites (N-methyl/N-ethyl adjacent to an activating group) is 1. The lowest BCUT2D eigenvalue weighted by atomic mass is 9.98. The number of anilines is 1. The van der Waals surface area contributed by atoms with Crippen LogP contribution in [0, 0.1) is 5.92 Å². The molecule has 2 aromatic rings. The summed E-state index contributed by atoms with van der Waals surface area (Å²) in [6.07, 6.45) is 1.02. The van der Waals surface area contributed by atoms with Gasteiger partial charge in [0.05, 0.1) is 25.7 Å². The molecule has 1 saturated heterocycles. The first-order valence-electron chi connectivity index (χ1n) is 9.93. The first kappa shape index (κ1) is 19.5. The van der Waals surface area contributed by atoms with Gasteiger partial charge in [-0.3, -0.25) is 9.59 Å². The maximum absolute atomic E-state index is 13.0. The lowest BCUT2D eigenvalue weighted by Gasteiger charge is -2.30. The molecule has 152 valence electrons. The zero-order chi connectivity index (χ0) is 20.4. The smallest absolute Gasteiger partial charge is 0.227 e. The van der Waals surface area contributed by atoms with Crippen LogP contribution in [0.2, 0.25) is 0 Å². The molecule has 0 N–H and O–H groups in total. The van der Waals surface area contributed by atoms with Crippen molar-refractivity contribution in [1.29, 1.82) is 0 Å². The van der Waals surface area contributed by atoms with E-state index in [2.05, 4.69) is 12.1 Å². The second-order valence-corrected chi connectivity index (χ2v) is 7.73. The van der Waals surface area contributed by atoms with Crippen LogP contribution in [0.4, 0.5) is 5.69 Å². The van der Waals surface area contributed by atoms with Gasteiger partial charge in [-0.25, -0.2) is 0 Å². The Kier molecular flexibility index (Phi) is 5.53. The molecule has 0 aromatic heterocycles. The fourth-order valence-corrected chi connectivity index (χ4v) is 4.12. The fourth-order valence-electron chi connectivity index (χ4n) is 4.12. The number of methoxy groups -OCH3 is 1. The summed E-state index contributed by atoms with van der Waals surface area (Å²) in [6, 6.07) is 15.6. The van der Waals surface area contributed by atoms with Gasteiger partial charge in [-0.2, -0.15) is 0 Å². The van der Waals surface area contributed by atoms with E-state index < -0.39 is 0 Å². The van der Waals surface area contributed by atoms with Gasteiger partial charge in [0.2, 0.25) is 11.8 Å². The molecule has 2 heterocycles. The van der Waals surface area contributed by atoms with E-state index in [4.69, 9.17) is 9.47 Å². The monoisotopic (exact) mass is 394 g/mol. The topological polar surface area (TPSA) is 59.1 Å². The van der Waals surface area contributed by atoms with E-state index in [0.717, 1.165) is 17.9 Å². The first-order valence-corrected chi connectivity index (χ1v) is 9.93. The number of hydrogen-bond acceptors (Lipinski definition) is 4. The molecule has 6 heteroatoms. The molecule has 0 spiro atoms. The summed E-state index contributed by atoms with van der Waals surface area (Å²) in [7, 11) is 3.40. The highest BCUT2D eigenvalue weighted by atomic mass is 16.5. The average molecular weight is 394 g/mol. The molecular formula is C23H26N2O4. The van der Waals surface area contributed by atoms with Crippen molar-refractivity contribution in [2.45, 2.75) is 25.6 Å². The summed E-state index contributed by atoms with van der Waals surface area (Å²) in [5, 5.41) is 0. The summed E-state index contributed by atoms with van der Waals surface area (Å²) < 4.78 is 11.1. The van der Waals surface area contributed by atoms with Crippen molar-refractivity contribution in [2.24, 2.45) is 5.92 Å².